The third kappa shape index (κ3) is 3.35. The third-order valence-corrected chi connectivity index (χ3v) is 4.68. The van der Waals surface area contributed by atoms with Crippen LogP contribution in [0, 0.1) is 0 Å². The van der Waals surface area contributed by atoms with Gasteiger partial charge >= 0.3 is 6.61 Å². The lowest BCUT2D eigenvalue weighted by Crippen LogP contribution is -2.41. The highest BCUT2D eigenvalue weighted by atomic mass is 35.5. The molecular weight excluding hydrogens is 376 g/mol. The minimum absolute atomic E-state index is 0.0216. The molecule has 5 nitrogen and oxygen atoms in total. The standard InChI is InChI=1S/C19H18ClF2N3O2/c1-25-16(26)19(24-18(25)23,13-5-3-2-4-6-13)14-7-8-15(27-17(21)22)12(11-14)9-10-20/h2-8,11,17H,9-10H2,1H3,(H2,23,24)/t19-/m0/s1. The number of rotatable bonds is 6. The summed E-state index contributed by atoms with van der Waals surface area (Å²) < 4.78 is 30.0. The molecule has 3 rings (SSSR count). The van der Waals surface area contributed by atoms with E-state index in [-0.39, 0.29) is 23.5 Å². The van der Waals surface area contributed by atoms with Gasteiger partial charge in [0.25, 0.3) is 5.91 Å². The maximum absolute atomic E-state index is 13.1. The van der Waals surface area contributed by atoms with Crippen LogP contribution in [0.4, 0.5) is 8.78 Å². The number of nitrogens with zero attached hydrogens (tertiary/aromatic N) is 2. The highest BCUT2D eigenvalue weighted by Crippen LogP contribution is 2.40. The van der Waals surface area contributed by atoms with Gasteiger partial charge in [0.1, 0.15) is 5.75 Å². The van der Waals surface area contributed by atoms with Crippen molar-refractivity contribution in [2.45, 2.75) is 18.6 Å². The number of nitrogens with two attached hydrogens (primary N) is 1. The first-order valence-corrected chi connectivity index (χ1v) is 8.76. The number of benzene rings is 2. The van der Waals surface area contributed by atoms with E-state index in [9.17, 15) is 13.6 Å². The largest absolute Gasteiger partial charge is 0.435 e. The number of ether oxygens (including phenoxy) is 1. The molecule has 0 bridgehead atoms. The van der Waals surface area contributed by atoms with Gasteiger partial charge in [-0.2, -0.15) is 8.78 Å². The summed E-state index contributed by atoms with van der Waals surface area (Å²) in [7, 11) is 1.54. The molecule has 1 amide bonds. The Morgan fingerprint density at radius 1 is 1.22 bits per heavy atom. The fourth-order valence-corrected chi connectivity index (χ4v) is 3.38. The topological polar surface area (TPSA) is 67.9 Å². The zero-order valence-corrected chi connectivity index (χ0v) is 15.3. The second-order valence-corrected chi connectivity index (χ2v) is 6.43. The lowest BCUT2D eigenvalue weighted by molar-refractivity contribution is -0.129. The molecule has 0 aromatic heterocycles. The molecule has 2 aromatic rings. The van der Waals surface area contributed by atoms with Crippen LogP contribution in [-0.4, -0.2) is 36.3 Å². The van der Waals surface area contributed by atoms with E-state index in [1.807, 2.05) is 6.07 Å². The molecule has 27 heavy (non-hydrogen) atoms. The second-order valence-electron chi connectivity index (χ2n) is 6.05. The summed E-state index contributed by atoms with van der Waals surface area (Å²) in [5, 5.41) is 0. The first-order valence-electron chi connectivity index (χ1n) is 8.23. The number of aliphatic imine (C=N–C) groups is 1. The van der Waals surface area contributed by atoms with Crippen molar-refractivity contribution in [2.24, 2.45) is 10.7 Å². The average molecular weight is 394 g/mol. The normalized spacial score (nSPS) is 19.5. The number of alkyl halides is 3. The lowest BCUT2D eigenvalue weighted by atomic mass is 9.82. The van der Waals surface area contributed by atoms with Crippen LogP contribution in [0.15, 0.2) is 53.5 Å². The Morgan fingerprint density at radius 2 is 1.93 bits per heavy atom. The summed E-state index contributed by atoms with van der Waals surface area (Å²) in [6, 6.07) is 13.6. The van der Waals surface area contributed by atoms with Crippen LogP contribution in [-0.2, 0) is 16.8 Å². The van der Waals surface area contributed by atoms with Gasteiger partial charge in [-0.25, -0.2) is 4.99 Å². The van der Waals surface area contributed by atoms with E-state index in [1.54, 1.807) is 43.4 Å². The van der Waals surface area contributed by atoms with Crippen molar-refractivity contribution in [3.8, 4) is 5.75 Å². The summed E-state index contributed by atoms with van der Waals surface area (Å²) in [4.78, 5) is 18.9. The molecule has 0 spiro atoms. The zero-order chi connectivity index (χ0) is 19.6. The van der Waals surface area contributed by atoms with Crippen LogP contribution in [0.2, 0.25) is 0 Å². The molecule has 1 atom stereocenters. The Morgan fingerprint density at radius 3 is 2.48 bits per heavy atom. The molecule has 0 aliphatic carbocycles. The summed E-state index contributed by atoms with van der Waals surface area (Å²) in [5.41, 5.74) is 6.14. The summed E-state index contributed by atoms with van der Waals surface area (Å²) in [6.45, 7) is -2.96. The summed E-state index contributed by atoms with van der Waals surface area (Å²) in [5.74, 6) is -0.0183. The van der Waals surface area contributed by atoms with E-state index < -0.39 is 12.2 Å². The molecule has 142 valence electrons. The number of guanidine groups is 1. The van der Waals surface area contributed by atoms with Crippen molar-refractivity contribution in [1.29, 1.82) is 0 Å². The van der Waals surface area contributed by atoms with Gasteiger partial charge in [-0.1, -0.05) is 36.4 Å². The SMILES string of the molecule is CN1C(=O)[C@](c2ccccc2)(c2ccc(OC(F)F)c(CCCl)c2)N=C1N. The van der Waals surface area contributed by atoms with E-state index >= 15 is 0 Å². The molecule has 0 fully saturated rings. The van der Waals surface area contributed by atoms with Gasteiger partial charge in [0, 0.05) is 12.9 Å². The van der Waals surface area contributed by atoms with Crippen molar-refractivity contribution < 1.29 is 18.3 Å². The molecule has 1 aliphatic rings. The number of halogens is 3. The molecule has 1 heterocycles. The van der Waals surface area contributed by atoms with Crippen LogP contribution < -0.4 is 10.5 Å². The number of carbonyl (C=O) groups is 1. The minimum Gasteiger partial charge on any atom is -0.435 e. The fourth-order valence-electron chi connectivity index (χ4n) is 3.18. The zero-order valence-electron chi connectivity index (χ0n) is 14.5. The number of hydrogen-bond acceptors (Lipinski definition) is 4. The third-order valence-electron chi connectivity index (χ3n) is 4.49. The quantitative estimate of drug-likeness (QED) is 0.767. The van der Waals surface area contributed by atoms with Crippen molar-refractivity contribution in [1.82, 2.24) is 4.90 Å². The predicted octanol–water partition coefficient (Wildman–Crippen LogP) is 3.10. The number of likely N-dealkylation sites (N-methyl/N-ethyl adjacent to an activating group) is 1. The highest BCUT2D eigenvalue weighted by Gasteiger charge is 2.49. The Balaban J connectivity index is 2.20. The van der Waals surface area contributed by atoms with Crippen molar-refractivity contribution in [3.63, 3.8) is 0 Å². The van der Waals surface area contributed by atoms with Gasteiger partial charge in [0.05, 0.1) is 0 Å². The molecule has 0 radical (unpaired) electrons. The van der Waals surface area contributed by atoms with E-state index in [2.05, 4.69) is 9.73 Å². The Bertz CT molecular complexity index is 877. The maximum Gasteiger partial charge on any atom is 0.387 e. The van der Waals surface area contributed by atoms with Gasteiger partial charge in [-0.05, 0) is 35.2 Å². The van der Waals surface area contributed by atoms with Gasteiger partial charge in [-0.15, -0.1) is 11.6 Å². The van der Waals surface area contributed by atoms with Crippen LogP contribution in [0.3, 0.4) is 0 Å². The number of amides is 1. The van der Waals surface area contributed by atoms with Crippen LogP contribution in [0.25, 0.3) is 0 Å². The molecular formula is C19H18ClF2N3O2. The monoisotopic (exact) mass is 393 g/mol. The fraction of sp³-hybridized carbons (Fsp3) is 0.263. The number of aryl methyl sites for hydroxylation is 1. The molecule has 2 N–H and O–H groups in total. The molecule has 1 aliphatic heterocycles. The van der Waals surface area contributed by atoms with Crippen molar-refractivity contribution >= 4 is 23.5 Å². The van der Waals surface area contributed by atoms with Crippen LogP contribution >= 0.6 is 11.6 Å². The maximum atomic E-state index is 13.1. The van der Waals surface area contributed by atoms with Gasteiger partial charge in [0.15, 0.2) is 11.5 Å². The van der Waals surface area contributed by atoms with Gasteiger partial charge < -0.3 is 10.5 Å². The number of hydrogen-bond donors (Lipinski definition) is 1. The Labute approximate surface area is 160 Å². The Kier molecular flexibility index (Phi) is 5.32. The number of carbonyl (C=O) groups excluding carboxylic acids is 1. The summed E-state index contributed by atoms with van der Waals surface area (Å²) >= 11 is 5.82. The molecule has 0 unspecified atom stereocenters. The smallest absolute Gasteiger partial charge is 0.387 e. The van der Waals surface area contributed by atoms with Crippen LogP contribution in [0.1, 0.15) is 16.7 Å². The van der Waals surface area contributed by atoms with Gasteiger partial charge in [-0.3, -0.25) is 9.69 Å². The molecule has 8 heteroatoms. The molecule has 2 aromatic carbocycles. The minimum atomic E-state index is -2.96. The molecule has 0 saturated carbocycles. The summed E-state index contributed by atoms with van der Waals surface area (Å²) in [6.07, 6.45) is 0.297. The average Bonchev–Trinajstić information content (AvgIpc) is 2.89. The van der Waals surface area contributed by atoms with E-state index in [4.69, 9.17) is 17.3 Å². The van der Waals surface area contributed by atoms with Gasteiger partial charge in [0.2, 0.25) is 0 Å². The predicted molar refractivity (Wildman–Crippen MR) is 99.1 cm³/mol. The van der Waals surface area contributed by atoms with Crippen molar-refractivity contribution in [3.05, 3.63) is 65.2 Å². The molecule has 0 saturated heterocycles. The highest BCUT2D eigenvalue weighted by molar-refractivity contribution is 6.18. The second kappa shape index (κ2) is 7.52. The first-order chi connectivity index (χ1) is 12.9. The Hall–Kier alpha value is -2.67. The van der Waals surface area contributed by atoms with E-state index in [1.165, 1.54) is 11.0 Å². The van der Waals surface area contributed by atoms with E-state index in [0.717, 1.165) is 0 Å². The van der Waals surface area contributed by atoms with E-state index in [0.29, 0.717) is 23.1 Å². The van der Waals surface area contributed by atoms with Crippen molar-refractivity contribution in [2.75, 3.05) is 12.9 Å². The van der Waals surface area contributed by atoms with Crippen LogP contribution in [0.5, 0.6) is 5.75 Å². The lowest BCUT2D eigenvalue weighted by Gasteiger charge is -2.27. The first kappa shape index (κ1) is 19.1.